The lowest BCUT2D eigenvalue weighted by molar-refractivity contribution is -0.138. The highest BCUT2D eigenvalue weighted by Crippen LogP contribution is 2.19. The first kappa shape index (κ1) is 15.8. The van der Waals surface area contributed by atoms with Crippen molar-refractivity contribution in [2.24, 2.45) is 11.8 Å². The summed E-state index contributed by atoms with van der Waals surface area (Å²) in [6, 6.07) is -0.0990. The van der Waals surface area contributed by atoms with E-state index in [-0.39, 0.29) is 24.3 Å². The number of aliphatic carboxylic acids is 1. The number of carbonyl (C=O) groups excluding carboxylic acids is 1. The molecule has 110 valence electrons. The van der Waals surface area contributed by atoms with E-state index in [1.807, 2.05) is 6.92 Å². The third-order valence-corrected chi connectivity index (χ3v) is 3.32. The van der Waals surface area contributed by atoms with Gasteiger partial charge in [-0.25, -0.2) is 4.79 Å². The Bertz CT molecular complexity index is 309. The molecule has 6 heteroatoms. The molecule has 1 heterocycles. The van der Waals surface area contributed by atoms with Crippen LogP contribution < -0.4 is 5.32 Å². The lowest BCUT2D eigenvalue weighted by atomic mass is 9.95. The summed E-state index contributed by atoms with van der Waals surface area (Å²) in [4.78, 5) is 24.4. The fourth-order valence-electron chi connectivity index (χ4n) is 2.38. The molecule has 0 bridgehead atoms. The van der Waals surface area contributed by atoms with Crippen LogP contribution in [-0.4, -0.2) is 55.4 Å². The zero-order valence-electron chi connectivity index (χ0n) is 11.7. The third kappa shape index (κ3) is 5.92. The summed E-state index contributed by atoms with van der Waals surface area (Å²) in [5.74, 6) is -0.442. The molecule has 2 amide bonds. The van der Waals surface area contributed by atoms with E-state index in [0.717, 1.165) is 12.8 Å². The molecule has 0 spiro atoms. The number of piperidine rings is 1. The van der Waals surface area contributed by atoms with Crippen LogP contribution in [0.3, 0.4) is 0 Å². The number of carboxylic acids is 1. The summed E-state index contributed by atoms with van der Waals surface area (Å²) >= 11 is 0. The van der Waals surface area contributed by atoms with Crippen molar-refractivity contribution >= 4 is 12.0 Å². The molecular weight excluding hydrogens is 248 g/mol. The first-order valence-electron chi connectivity index (χ1n) is 6.76. The SMILES string of the molecule is COCC(C)CNC(=O)N1CCCC(CC(=O)O)C1. The Morgan fingerprint density at radius 2 is 2.26 bits per heavy atom. The quantitative estimate of drug-likeness (QED) is 0.760. The highest BCUT2D eigenvalue weighted by Gasteiger charge is 2.25. The smallest absolute Gasteiger partial charge is 0.317 e. The molecule has 1 fully saturated rings. The molecule has 19 heavy (non-hydrogen) atoms. The third-order valence-electron chi connectivity index (χ3n) is 3.32. The molecule has 0 saturated carbocycles. The minimum absolute atomic E-state index is 0.0772. The van der Waals surface area contributed by atoms with Crippen molar-refractivity contribution in [2.75, 3.05) is 33.4 Å². The Morgan fingerprint density at radius 3 is 2.89 bits per heavy atom. The molecule has 2 atom stereocenters. The van der Waals surface area contributed by atoms with Crippen LogP contribution >= 0.6 is 0 Å². The second kappa shape index (κ2) is 7.99. The number of nitrogens with one attached hydrogen (secondary N) is 1. The van der Waals surface area contributed by atoms with Crippen LogP contribution in [0.5, 0.6) is 0 Å². The summed E-state index contributed by atoms with van der Waals surface area (Å²) in [5.41, 5.74) is 0. The fourth-order valence-corrected chi connectivity index (χ4v) is 2.38. The van der Waals surface area contributed by atoms with Gasteiger partial charge in [-0.05, 0) is 24.7 Å². The van der Waals surface area contributed by atoms with Crippen LogP contribution in [0.2, 0.25) is 0 Å². The van der Waals surface area contributed by atoms with Crippen molar-refractivity contribution in [1.29, 1.82) is 0 Å². The number of urea groups is 1. The van der Waals surface area contributed by atoms with Gasteiger partial charge in [0.15, 0.2) is 0 Å². The largest absolute Gasteiger partial charge is 0.481 e. The molecular formula is C13H24N2O4. The number of methoxy groups -OCH3 is 1. The maximum absolute atomic E-state index is 12.0. The zero-order valence-corrected chi connectivity index (χ0v) is 11.7. The second-order valence-electron chi connectivity index (χ2n) is 5.30. The van der Waals surface area contributed by atoms with Crippen LogP contribution in [-0.2, 0) is 9.53 Å². The average molecular weight is 272 g/mol. The number of ether oxygens (including phenoxy) is 1. The Labute approximate surface area is 114 Å². The van der Waals surface area contributed by atoms with Gasteiger partial charge in [-0.2, -0.15) is 0 Å². The van der Waals surface area contributed by atoms with Gasteiger partial charge < -0.3 is 20.1 Å². The molecule has 1 rings (SSSR count). The normalized spacial score (nSPS) is 20.9. The number of carbonyl (C=O) groups is 2. The highest BCUT2D eigenvalue weighted by molar-refractivity contribution is 5.74. The first-order valence-corrected chi connectivity index (χ1v) is 6.76. The molecule has 0 aromatic carbocycles. The molecule has 0 aliphatic carbocycles. The van der Waals surface area contributed by atoms with Gasteiger partial charge in [0.1, 0.15) is 0 Å². The number of rotatable bonds is 6. The monoisotopic (exact) mass is 272 g/mol. The van der Waals surface area contributed by atoms with Crippen molar-refractivity contribution in [3.63, 3.8) is 0 Å². The molecule has 1 aliphatic heterocycles. The lowest BCUT2D eigenvalue weighted by Gasteiger charge is -2.32. The van der Waals surface area contributed by atoms with E-state index in [4.69, 9.17) is 9.84 Å². The Kier molecular flexibility index (Phi) is 6.62. The lowest BCUT2D eigenvalue weighted by Crippen LogP contribution is -2.47. The minimum Gasteiger partial charge on any atom is -0.481 e. The molecule has 1 aliphatic rings. The van der Waals surface area contributed by atoms with Crippen LogP contribution in [0.4, 0.5) is 4.79 Å². The van der Waals surface area contributed by atoms with E-state index in [2.05, 4.69) is 5.32 Å². The van der Waals surface area contributed by atoms with Crippen LogP contribution in [0.15, 0.2) is 0 Å². The number of amides is 2. The number of likely N-dealkylation sites (tertiary alicyclic amines) is 1. The van der Waals surface area contributed by atoms with Gasteiger partial charge in [-0.1, -0.05) is 6.92 Å². The number of hydrogen-bond acceptors (Lipinski definition) is 3. The van der Waals surface area contributed by atoms with Gasteiger partial charge in [0.05, 0.1) is 6.61 Å². The molecule has 2 unspecified atom stereocenters. The van der Waals surface area contributed by atoms with Crippen LogP contribution in [0.1, 0.15) is 26.2 Å². The summed E-state index contributed by atoms with van der Waals surface area (Å²) in [6.45, 7) is 4.44. The fraction of sp³-hybridized carbons (Fsp3) is 0.846. The topological polar surface area (TPSA) is 78.9 Å². The number of carboxylic acid groups (broad SMARTS) is 1. The Morgan fingerprint density at radius 1 is 1.53 bits per heavy atom. The van der Waals surface area contributed by atoms with Crippen LogP contribution in [0.25, 0.3) is 0 Å². The van der Waals surface area contributed by atoms with Crippen molar-refractivity contribution in [3.05, 3.63) is 0 Å². The van der Waals surface area contributed by atoms with Crippen molar-refractivity contribution in [1.82, 2.24) is 10.2 Å². The molecule has 0 aromatic rings. The Balaban J connectivity index is 2.33. The van der Waals surface area contributed by atoms with E-state index in [1.165, 1.54) is 0 Å². The van der Waals surface area contributed by atoms with Crippen LogP contribution in [0, 0.1) is 11.8 Å². The molecule has 1 saturated heterocycles. The maximum atomic E-state index is 12.0. The van der Waals surface area contributed by atoms with Crippen molar-refractivity contribution in [2.45, 2.75) is 26.2 Å². The highest BCUT2D eigenvalue weighted by atomic mass is 16.5. The molecule has 0 aromatic heterocycles. The zero-order chi connectivity index (χ0) is 14.3. The second-order valence-corrected chi connectivity index (χ2v) is 5.30. The maximum Gasteiger partial charge on any atom is 0.317 e. The van der Waals surface area contributed by atoms with E-state index in [9.17, 15) is 9.59 Å². The van der Waals surface area contributed by atoms with Gasteiger partial charge in [0.25, 0.3) is 0 Å². The average Bonchev–Trinajstić information content (AvgIpc) is 2.36. The standard InChI is InChI=1S/C13H24N2O4/c1-10(9-19-2)7-14-13(18)15-5-3-4-11(8-15)6-12(16)17/h10-11H,3-9H2,1-2H3,(H,14,18)(H,16,17). The summed E-state index contributed by atoms with van der Waals surface area (Å²) in [6.07, 6.45) is 1.90. The molecule has 0 radical (unpaired) electrons. The van der Waals surface area contributed by atoms with E-state index < -0.39 is 5.97 Å². The minimum atomic E-state index is -0.791. The van der Waals surface area contributed by atoms with Gasteiger partial charge in [-0.3, -0.25) is 4.79 Å². The predicted molar refractivity (Wildman–Crippen MR) is 71.0 cm³/mol. The van der Waals surface area contributed by atoms with Gasteiger partial charge in [-0.15, -0.1) is 0 Å². The summed E-state index contributed by atoms with van der Waals surface area (Å²) < 4.78 is 5.01. The first-order chi connectivity index (χ1) is 9.02. The van der Waals surface area contributed by atoms with Crippen molar-refractivity contribution in [3.8, 4) is 0 Å². The van der Waals surface area contributed by atoms with E-state index >= 15 is 0 Å². The van der Waals surface area contributed by atoms with Gasteiger partial charge in [0, 0.05) is 33.2 Å². The summed E-state index contributed by atoms with van der Waals surface area (Å²) in [7, 11) is 1.64. The van der Waals surface area contributed by atoms with Gasteiger partial charge in [0.2, 0.25) is 0 Å². The molecule has 2 N–H and O–H groups in total. The van der Waals surface area contributed by atoms with E-state index in [0.29, 0.717) is 26.2 Å². The Hall–Kier alpha value is -1.30. The van der Waals surface area contributed by atoms with Crippen molar-refractivity contribution < 1.29 is 19.4 Å². The summed E-state index contributed by atoms with van der Waals surface area (Å²) in [5, 5.41) is 11.7. The van der Waals surface area contributed by atoms with Gasteiger partial charge >= 0.3 is 12.0 Å². The number of nitrogens with zero attached hydrogens (tertiary/aromatic N) is 1. The predicted octanol–water partition coefficient (Wildman–Crippen LogP) is 1.17. The van der Waals surface area contributed by atoms with E-state index in [1.54, 1.807) is 12.0 Å². The molecule has 6 nitrogen and oxygen atoms in total. The number of hydrogen-bond donors (Lipinski definition) is 2.